The van der Waals surface area contributed by atoms with Crippen LogP contribution >= 0.6 is 0 Å². The van der Waals surface area contributed by atoms with Crippen LogP contribution in [0.4, 0.5) is 0 Å². The fourth-order valence-corrected chi connectivity index (χ4v) is 3.63. The minimum absolute atomic E-state index is 0.110. The molecule has 2 fully saturated rings. The van der Waals surface area contributed by atoms with E-state index >= 15 is 0 Å². The summed E-state index contributed by atoms with van der Waals surface area (Å²) in [5.74, 6) is -1.79. The maximum absolute atomic E-state index is 12.7. The molecule has 1 saturated carbocycles. The van der Waals surface area contributed by atoms with Crippen LogP contribution in [0.25, 0.3) is 0 Å². The van der Waals surface area contributed by atoms with Gasteiger partial charge in [0.25, 0.3) is 0 Å². The van der Waals surface area contributed by atoms with Gasteiger partial charge in [-0.2, -0.15) is 0 Å². The van der Waals surface area contributed by atoms with Crippen molar-refractivity contribution < 1.29 is 24.5 Å². The third kappa shape index (κ3) is 3.55. The molecule has 4 atom stereocenters. The van der Waals surface area contributed by atoms with E-state index in [0.29, 0.717) is 25.9 Å². The Kier molecular flexibility index (Phi) is 4.58. The molecular weight excluding hydrogens is 274 g/mol. The molecule has 2 aliphatic rings. The summed E-state index contributed by atoms with van der Waals surface area (Å²) in [4.78, 5) is 25.8. The van der Waals surface area contributed by atoms with Gasteiger partial charge < -0.3 is 19.8 Å². The van der Waals surface area contributed by atoms with Gasteiger partial charge in [-0.3, -0.25) is 9.59 Å². The Hall–Kier alpha value is -1.14. The third-order valence-corrected chi connectivity index (χ3v) is 4.43. The molecule has 1 aliphatic carbocycles. The summed E-state index contributed by atoms with van der Waals surface area (Å²) < 4.78 is 5.70. The second-order valence-corrected chi connectivity index (χ2v) is 7.03. The zero-order chi connectivity index (χ0) is 15.8. The second kappa shape index (κ2) is 5.93. The van der Waals surface area contributed by atoms with E-state index in [0.717, 1.165) is 0 Å². The van der Waals surface area contributed by atoms with Gasteiger partial charge >= 0.3 is 5.97 Å². The number of aliphatic carboxylic acids is 1. The van der Waals surface area contributed by atoms with Crippen molar-refractivity contribution >= 4 is 11.9 Å². The lowest BCUT2D eigenvalue weighted by Gasteiger charge is -2.43. The number of carbonyl (C=O) groups is 2. The van der Waals surface area contributed by atoms with Crippen LogP contribution in [-0.2, 0) is 14.3 Å². The van der Waals surface area contributed by atoms with Crippen LogP contribution in [-0.4, -0.2) is 58.4 Å². The zero-order valence-electron chi connectivity index (χ0n) is 12.9. The molecule has 0 spiro atoms. The molecular formula is C15H25NO5. The standard InChI is InChI=1S/C15H25NO5/c1-9-4-11(12(5-9)14(19)20)13(18)16-6-10(7-17)21-15(2,3)8-16/h9-12,17H,4-8H2,1-3H3,(H,19,20)/t9?,10?,11-,12+/m0/s1. The number of morpholine rings is 1. The second-order valence-electron chi connectivity index (χ2n) is 7.03. The first-order chi connectivity index (χ1) is 9.73. The molecule has 1 amide bonds. The zero-order valence-corrected chi connectivity index (χ0v) is 12.9. The van der Waals surface area contributed by atoms with Crippen LogP contribution in [0.5, 0.6) is 0 Å². The molecule has 1 heterocycles. The van der Waals surface area contributed by atoms with Gasteiger partial charge in [0.15, 0.2) is 0 Å². The summed E-state index contributed by atoms with van der Waals surface area (Å²) in [6, 6.07) is 0. The average Bonchev–Trinajstić information content (AvgIpc) is 2.78. The fourth-order valence-electron chi connectivity index (χ4n) is 3.63. The van der Waals surface area contributed by atoms with Crippen molar-refractivity contribution in [2.24, 2.45) is 17.8 Å². The lowest BCUT2D eigenvalue weighted by Crippen LogP contribution is -2.57. The number of aliphatic hydroxyl groups is 1. The van der Waals surface area contributed by atoms with Gasteiger partial charge in [-0.25, -0.2) is 0 Å². The number of ether oxygens (including phenoxy) is 1. The number of hydrogen-bond acceptors (Lipinski definition) is 4. The van der Waals surface area contributed by atoms with Gasteiger partial charge in [0.1, 0.15) is 0 Å². The summed E-state index contributed by atoms with van der Waals surface area (Å²) in [5.41, 5.74) is -0.524. The third-order valence-electron chi connectivity index (χ3n) is 4.43. The SMILES string of the molecule is CC1C[C@H](C(=O)N2CC(CO)OC(C)(C)C2)[C@H](C(=O)O)C1. The molecule has 1 aliphatic heterocycles. The van der Waals surface area contributed by atoms with Crippen molar-refractivity contribution in [1.29, 1.82) is 0 Å². The van der Waals surface area contributed by atoms with Gasteiger partial charge in [-0.15, -0.1) is 0 Å². The molecule has 0 radical (unpaired) electrons. The monoisotopic (exact) mass is 299 g/mol. The van der Waals surface area contributed by atoms with Gasteiger partial charge in [0.05, 0.1) is 30.1 Å². The summed E-state index contributed by atoms with van der Waals surface area (Å²) in [6.45, 7) is 6.36. The maximum atomic E-state index is 12.7. The number of aliphatic hydroxyl groups excluding tert-OH is 1. The van der Waals surface area contributed by atoms with Crippen LogP contribution in [0.3, 0.4) is 0 Å². The van der Waals surface area contributed by atoms with E-state index in [-0.39, 0.29) is 18.4 Å². The quantitative estimate of drug-likeness (QED) is 0.802. The highest BCUT2D eigenvalue weighted by atomic mass is 16.5. The van der Waals surface area contributed by atoms with Crippen molar-refractivity contribution in [3.8, 4) is 0 Å². The molecule has 0 aromatic heterocycles. The molecule has 2 unspecified atom stereocenters. The first-order valence-corrected chi connectivity index (χ1v) is 7.54. The maximum Gasteiger partial charge on any atom is 0.307 e. The Balaban J connectivity index is 2.13. The van der Waals surface area contributed by atoms with Crippen LogP contribution in [0.15, 0.2) is 0 Å². The number of rotatable bonds is 3. The van der Waals surface area contributed by atoms with E-state index < -0.39 is 29.5 Å². The normalized spacial score (nSPS) is 35.7. The van der Waals surface area contributed by atoms with Gasteiger partial charge in [-0.05, 0) is 32.6 Å². The number of carboxylic acid groups (broad SMARTS) is 1. The minimum atomic E-state index is -0.885. The van der Waals surface area contributed by atoms with Crippen LogP contribution < -0.4 is 0 Å². The number of amides is 1. The predicted octanol–water partition coefficient (Wildman–Crippen LogP) is 0.732. The summed E-state index contributed by atoms with van der Waals surface area (Å²) in [7, 11) is 0. The van der Waals surface area contributed by atoms with Crippen molar-refractivity contribution in [1.82, 2.24) is 4.90 Å². The van der Waals surface area contributed by atoms with E-state index in [1.165, 1.54) is 0 Å². The van der Waals surface area contributed by atoms with Crippen molar-refractivity contribution in [2.75, 3.05) is 19.7 Å². The Morgan fingerprint density at radius 2 is 1.90 bits per heavy atom. The highest BCUT2D eigenvalue weighted by Crippen LogP contribution is 2.38. The Morgan fingerprint density at radius 1 is 1.29 bits per heavy atom. The molecule has 2 N–H and O–H groups in total. The van der Waals surface area contributed by atoms with Crippen molar-refractivity contribution in [3.63, 3.8) is 0 Å². The molecule has 0 aromatic rings. The molecule has 6 nitrogen and oxygen atoms in total. The number of carboxylic acids is 1. The van der Waals surface area contributed by atoms with Crippen molar-refractivity contribution in [2.45, 2.75) is 45.3 Å². The first kappa shape index (κ1) is 16.2. The van der Waals surface area contributed by atoms with E-state index in [1.54, 1.807) is 4.90 Å². The average molecular weight is 299 g/mol. The van der Waals surface area contributed by atoms with Gasteiger partial charge in [0.2, 0.25) is 5.91 Å². The Labute approximate surface area is 125 Å². The highest BCUT2D eigenvalue weighted by Gasteiger charge is 2.45. The number of hydrogen-bond donors (Lipinski definition) is 2. The lowest BCUT2D eigenvalue weighted by atomic mass is 9.93. The molecule has 1 saturated heterocycles. The topological polar surface area (TPSA) is 87.1 Å². The fraction of sp³-hybridized carbons (Fsp3) is 0.867. The summed E-state index contributed by atoms with van der Waals surface area (Å²) in [5, 5.41) is 18.6. The lowest BCUT2D eigenvalue weighted by molar-refractivity contribution is -0.172. The predicted molar refractivity (Wildman–Crippen MR) is 75.6 cm³/mol. The number of nitrogens with zero attached hydrogens (tertiary/aromatic N) is 1. The van der Waals surface area contributed by atoms with Gasteiger partial charge in [0, 0.05) is 13.1 Å². The Bertz CT molecular complexity index is 422. The summed E-state index contributed by atoms with van der Waals surface area (Å²) >= 11 is 0. The van der Waals surface area contributed by atoms with E-state index in [9.17, 15) is 19.8 Å². The number of carbonyl (C=O) groups excluding carboxylic acids is 1. The Morgan fingerprint density at radius 3 is 2.48 bits per heavy atom. The van der Waals surface area contributed by atoms with E-state index in [4.69, 9.17) is 4.74 Å². The largest absolute Gasteiger partial charge is 0.481 e. The van der Waals surface area contributed by atoms with Crippen LogP contribution in [0.2, 0.25) is 0 Å². The van der Waals surface area contributed by atoms with Gasteiger partial charge in [-0.1, -0.05) is 6.92 Å². The highest BCUT2D eigenvalue weighted by molar-refractivity contribution is 5.85. The minimum Gasteiger partial charge on any atom is -0.481 e. The summed E-state index contributed by atoms with van der Waals surface area (Å²) in [6.07, 6.45) is 0.778. The molecule has 21 heavy (non-hydrogen) atoms. The van der Waals surface area contributed by atoms with Crippen molar-refractivity contribution in [3.05, 3.63) is 0 Å². The molecule has 2 rings (SSSR count). The van der Waals surface area contributed by atoms with Crippen LogP contribution in [0, 0.1) is 17.8 Å². The van der Waals surface area contributed by atoms with E-state index in [2.05, 4.69) is 0 Å². The molecule has 0 bridgehead atoms. The molecule has 6 heteroatoms. The first-order valence-electron chi connectivity index (χ1n) is 7.54. The molecule has 0 aromatic carbocycles. The van der Waals surface area contributed by atoms with Crippen LogP contribution in [0.1, 0.15) is 33.6 Å². The molecule has 120 valence electrons. The smallest absolute Gasteiger partial charge is 0.307 e. The van der Waals surface area contributed by atoms with E-state index in [1.807, 2.05) is 20.8 Å².